The van der Waals surface area contributed by atoms with Crippen LogP contribution in [0.25, 0.3) is 11.3 Å². The molecule has 3 heteroatoms. The number of nitrogens with zero attached hydrogens (tertiary/aromatic N) is 1. The maximum Gasteiger partial charge on any atom is 0.213 e. The summed E-state index contributed by atoms with van der Waals surface area (Å²) in [6.07, 6.45) is 0.675. The van der Waals surface area contributed by atoms with E-state index in [4.69, 9.17) is 0 Å². The van der Waals surface area contributed by atoms with Crippen molar-refractivity contribution in [3.05, 3.63) is 54.0 Å². The van der Waals surface area contributed by atoms with Crippen LogP contribution in [0.15, 0.2) is 42.5 Å². The number of rotatable bonds is 2. The minimum absolute atomic E-state index is 0.380. The van der Waals surface area contributed by atoms with Crippen molar-refractivity contribution in [1.82, 2.24) is 4.98 Å². The van der Waals surface area contributed by atoms with E-state index in [0.29, 0.717) is 17.5 Å². The van der Waals surface area contributed by atoms with Crippen LogP contribution in [-0.2, 0) is 0 Å². The van der Waals surface area contributed by atoms with Crippen LogP contribution in [0.4, 0.5) is 4.39 Å². The van der Waals surface area contributed by atoms with E-state index >= 15 is 0 Å². The number of aromatic nitrogens is 1. The van der Waals surface area contributed by atoms with Crippen LogP contribution < -0.4 is 0 Å². The van der Waals surface area contributed by atoms with Crippen molar-refractivity contribution in [2.75, 3.05) is 0 Å². The van der Waals surface area contributed by atoms with Crippen LogP contribution in [0, 0.1) is 5.95 Å². The number of pyridine rings is 1. The summed E-state index contributed by atoms with van der Waals surface area (Å²) < 4.78 is 12.9. The first-order chi connectivity index (χ1) is 7.31. The molecule has 0 bridgehead atoms. The number of hydrogen-bond donors (Lipinski definition) is 0. The molecule has 0 N–H and O–H groups in total. The minimum Gasteiger partial charge on any atom is -0.298 e. The monoisotopic (exact) mass is 201 g/mol. The van der Waals surface area contributed by atoms with Crippen molar-refractivity contribution in [2.24, 2.45) is 0 Å². The van der Waals surface area contributed by atoms with Crippen molar-refractivity contribution in [3.8, 4) is 11.3 Å². The standard InChI is InChI=1S/C12H8FNO/c13-11-7-6-10(8-15)12(14-11)9-4-2-1-3-5-9/h1-8H. The van der Waals surface area contributed by atoms with Crippen LogP contribution in [0.3, 0.4) is 0 Å². The molecule has 0 saturated carbocycles. The lowest BCUT2D eigenvalue weighted by Crippen LogP contribution is -1.94. The summed E-state index contributed by atoms with van der Waals surface area (Å²) in [6, 6.07) is 11.7. The molecule has 2 nitrogen and oxygen atoms in total. The molecule has 1 aromatic carbocycles. The van der Waals surface area contributed by atoms with E-state index in [9.17, 15) is 9.18 Å². The molecular formula is C12H8FNO. The van der Waals surface area contributed by atoms with E-state index in [1.54, 1.807) is 12.1 Å². The second-order valence-electron chi connectivity index (χ2n) is 3.06. The predicted molar refractivity (Wildman–Crippen MR) is 55.0 cm³/mol. The Bertz CT molecular complexity index is 482. The van der Waals surface area contributed by atoms with Crippen LogP contribution in [0.1, 0.15) is 10.4 Å². The molecule has 15 heavy (non-hydrogen) atoms. The Hall–Kier alpha value is -2.03. The summed E-state index contributed by atoms with van der Waals surface area (Å²) >= 11 is 0. The molecule has 1 heterocycles. The summed E-state index contributed by atoms with van der Waals surface area (Å²) in [5.41, 5.74) is 1.51. The van der Waals surface area contributed by atoms with Crippen molar-refractivity contribution in [2.45, 2.75) is 0 Å². The van der Waals surface area contributed by atoms with Gasteiger partial charge in [0.15, 0.2) is 6.29 Å². The Morgan fingerprint density at radius 1 is 1.07 bits per heavy atom. The maximum absolute atomic E-state index is 12.9. The van der Waals surface area contributed by atoms with Gasteiger partial charge in [-0.3, -0.25) is 4.79 Å². The smallest absolute Gasteiger partial charge is 0.213 e. The van der Waals surface area contributed by atoms with Gasteiger partial charge in [-0.25, -0.2) is 4.98 Å². The van der Waals surface area contributed by atoms with Gasteiger partial charge in [0.2, 0.25) is 5.95 Å². The van der Waals surface area contributed by atoms with Gasteiger partial charge in [0.1, 0.15) is 0 Å². The molecular weight excluding hydrogens is 193 g/mol. The topological polar surface area (TPSA) is 30.0 Å². The van der Waals surface area contributed by atoms with Crippen LogP contribution in [0.2, 0.25) is 0 Å². The van der Waals surface area contributed by atoms with Gasteiger partial charge in [0.05, 0.1) is 5.69 Å². The number of carbonyl (C=O) groups excluding carboxylic acids is 1. The highest BCUT2D eigenvalue weighted by molar-refractivity contribution is 5.85. The highest BCUT2D eigenvalue weighted by Gasteiger charge is 2.06. The zero-order valence-corrected chi connectivity index (χ0v) is 7.85. The Balaban J connectivity index is 2.61. The van der Waals surface area contributed by atoms with Crippen LogP contribution in [0.5, 0.6) is 0 Å². The first-order valence-electron chi connectivity index (χ1n) is 4.48. The van der Waals surface area contributed by atoms with E-state index in [0.717, 1.165) is 5.56 Å². The fourth-order valence-electron chi connectivity index (χ4n) is 1.37. The van der Waals surface area contributed by atoms with Crippen molar-refractivity contribution in [1.29, 1.82) is 0 Å². The van der Waals surface area contributed by atoms with E-state index in [2.05, 4.69) is 4.98 Å². The molecule has 74 valence electrons. The second kappa shape index (κ2) is 4.00. The van der Waals surface area contributed by atoms with Crippen molar-refractivity contribution in [3.63, 3.8) is 0 Å². The Kier molecular flexibility index (Phi) is 2.54. The molecule has 0 radical (unpaired) electrons. The van der Waals surface area contributed by atoms with Crippen molar-refractivity contribution < 1.29 is 9.18 Å². The second-order valence-corrected chi connectivity index (χ2v) is 3.06. The molecule has 0 aliphatic carbocycles. The summed E-state index contributed by atoms with van der Waals surface area (Å²) in [7, 11) is 0. The van der Waals surface area contributed by atoms with E-state index in [-0.39, 0.29) is 0 Å². The number of benzene rings is 1. The van der Waals surface area contributed by atoms with E-state index in [1.165, 1.54) is 12.1 Å². The number of halogens is 1. The Morgan fingerprint density at radius 2 is 1.80 bits per heavy atom. The average Bonchev–Trinajstić information content (AvgIpc) is 2.30. The van der Waals surface area contributed by atoms with Gasteiger partial charge in [0, 0.05) is 11.1 Å². The normalized spacial score (nSPS) is 9.93. The Labute approximate surface area is 86.4 Å². The van der Waals surface area contributed by atoms with Crippen molar-refractivity contribution >= 4 is 6.29 Å². The molecule has 0 unspecified atom stereocenters. The lowest BCUT2D eigenvalue weighted by atomic mass is 10.1. The van der Waals surface area contributed by atoms with Gasteiger partial charge in [-0.05, 0) is 12.1 Å². The summed E-state index contributed by atoms with van der Waals surface area (Å²) in [4.78, 5) is 14.5. The molecule has 0 spiro atoms. The number of hydrogen-bond acceptors (Lipinski definition) is 2. The first kappa shape index (κ1) is 9.52. The fourth-order valence-corrected chi connectivity index (χ4v) is 1.37. The van der Waals surface area contributed by atoms with Gasteiger partial charge < -0.3 is 0 Å². The zero-order chi connectivity index (χ0) is 10.7. The molecule has 0 fully saturated rings. The maximum atomic E-state index is 12.9. The Morgan fingerprint density at radius 3 is 2.47 bits per heavy atom. The van der Waals surface area contributed by atoms with Gasteiger partial charge in [0.25, 0.3) is 0 Å². The molecule has 1 aromatic heterocycles. The summed E-state index contributed by atoms with van der Waals surface area (Å²) in [5, 5.41) is 0. The molecule has 0 aliphatic heterocycles. The van der Waals surface area contributed by atoms with Gasteiger partial charge in [-0.2, -0.15) is 4.39 Å². The quantitative estimate of drug-likeness (QED) is 0.552. The molecule has 0 aliphatic rings. The first-order valence-corrected chi connectivity index (χ1v) is 4.48. The van der Waals surface area contributed by atoms with Gasteiger partial charge in [-0.15, -0.1) is 0 Å². The number of aldehydes is 1. The molecule has 0 amide bonds. The predicted octanol–water partition coefficient (Wildman–Crippen LogP) is 2.70. The lowest BCUT2D eigenvalue weighted by Gasteiger charge is -2.03. The largest absolute Gasteiger partial charge is 0.298 e. The summed E-state index contributed by atoms with van der Waals surface area (Å²) in [6.45, 7) is 0. The highest BCUT2D eigenvalue weighted by Crippen LogP contribution is 2.19. The van der Waals surface area contributed by atoms with E-state index < -0.39 is 5.95 Å². The van der Waals surface area contributed by atoms with Crippen LogP contribution >= 0.6 is 0 Å². The minimum atomic E-state index is -0.584. The fraction of sp³-hybridized carbons (Fsp3) is 0. The third-order valence-electron chi connectivity index (χ3n) is 2.07. The zero-order valence-electron chi connectivity index (χ0n) is 7.85. The summed E-state index contributed by atoms with van der Waals surface area (Å²) in [5.74, 6) is -0.584. The van der Waals surface area contributed by atoms with Gasteiger partial charge >= 0.3 is 0 Å². The average molecular weight is 201 g/mol. The lowest BCUT2D eigenvalue weighted by molar-refractivity contribution is 0.112. The molecule has 0 saturated heterocycles. The van der Waals surface area contributed by atoms with Gasteiger partial charge in [-0.1, -0.05) is 30.3 Å². The van der Waals surface area contributed by atoms with Crippen LogP contribution in [-0.4, -0.2) is 11.3 Å². The highest BCUT2D eigenvalue weighted by atomic mass is 19.1. The van der Waals surface area contributed by atoms with E-state index in [1.807, 2.05) is 18.2 Å². The molecule has 2 aromatic rings. The third kappa shape index (κ3) is 1.91. The number of carbonyl (C=O) groups is 1. The SMILES string of the molecule is O=Cc1ccc(F)nc1-c1ccccc1. The molecule has 0 atom stereocenters. The third-order valence-corrected chi connectivity index (χ3v) is 2.07. The molecule has 2 rings (SSSR count).